The largest absolute Gasteiger partial charge is 0.468 e. The molecule has 2 nitrogen and oxygen atoms in total. The number of carbonyl (C=O) groups is 1. The van der Waals surface area contributed by atoms with Crippen LogP contribution in [0.3, 0.4) is 0 Å². The molecule has 1 aliphatic carbocycles. The fourth-order valence-electron chi connectivity index (χ4n) is 2.17. The van der Waals surface area contributed by atoms with Gasteiger partial charge in [-0.2, -0.15) is 0 Å². The van der Waals surface area contributed by atoms with Gasteiger partial charge in [-0.3, -0.25) is 4.79 Å². The predicted molar refractivity (Wildman–Crippen MR) is 62.2 cm³/mol. The van der Waals surface area contributed by atoms with E-state index >= 15 is 0 Å². The lowest BCUT2D eigenvalue weighted by Gasteiger charge is -2.16. The van der Waals surface area contributed by atoms with Crippen LogP contribution in [-0.2, 0) is 16.0 Å². The van der Waals surface area contributed by atoms with Crippen LogP contribution in [0.15, 0.2) is 24.3 Å². The third-order valence-corrected chi connectivity index (χ3v) is 3.97. The monoisotopic (exact) mass is 268 g/mol. The molecular weight excluding hydrogens is 256 g/mol. The normalized spacial score (nSPS) is 20.8. The first kappa shape index (κ1) is 10.7. The number of methoxy groups -OCH3 is 1. The summed E-state index contributed by atoms with van der Waals surface area (Å²) < 4.78 is 4.75. The molecule has 80 valence electrons. The zero-order valence-electron chi connectivity index (χ0n) is 8.57. The summed E-state index contributed by atoms with van der Waals surface area (Å²) in [5, 5.41) is 0. The molecule has 0 radical (unpaired) electrons. The van der Waals surface area contributed by atoms with Crippen LogP contribution in [0.25, 0.3) is 0 Å². The molecule has 0 saturated heterocycles. The van der Waals surface area contributed by atoms with Crippen LogP contribution < -0.4 is 0 Å². The van der Waals surface area contributed by atoms with E-state index in [9.17, 15) is 4.79 Å². The van der Waals surface area contributed by atoms with Crippen LogP contribution in [0.1, 0.15) is 23.5 Å². The summed E-state index contributed by atoms with van der Waals surface area (Å²) in [4.78, 5) is 11.2. The second-order valence-electron chi connectivity index (χ2n) is 3.77. The van der Waals surface area contributed by atoms with Crippen molar-refractivity contribution in [2.45, 2.75) is 23.6 Å². The minimum Gasteiger partial charge on any atom is -0.468 e. The summed E-state index contributed by atoms with van der Waals surface area (Å²) >= 11 is 3.43. The van der Waals surface area contributed by atoms with Gasteiger partial charge in [0.2, 0.25) is 0 Å². The van der Waals surface area contributed by atoms with Crippen LogP contribution in [0.5, 0.6) is 0 Å². The molecule has 2 unspecified atom stereocenters. The van der Waals surface area contributed by atoms with Crippen molar-refractivity contribution in [1.29, 1.82) is 0 Å². The number of hydrogen-bond acceptors (Lipinski definition) is 2. The molecule has 0 saturated carbocycles. The molecule has 15 heavy (non-hydrogen) atoms. The van der Waals surface area contributed by atoms with Gasteiger partial charge in [0.25, 0.3) is 0 Å². The van der Waals surface area contributed by atoms with E-state index in [4.69, 9.17) is 4.74 Å². The molecule has 1 aromatic rings. The molecule has 0 bridgehead atoms. The molecule has 0 N–H and O–H groups in total. The molecule has 3 heteroatoms. The van der Waals surface area contributed by atoms with Gasteiger partial charge >= 0.3 is 5.97 Å². The first-order chi connectivity index (χ1) is 7.24. The Bertz CT molecular complexity index is 376. The van der Waals surface area contributed by atoms with Crippen molar-refractivity contribution in [2.75, 3.05) is 7.11 Å². The highest BCUT2D eigenvalue weighted by Crippen LogP contribution is 2.38. The van der Waals surface area contributed by atoms with Crippen molar-refractivity contribution in [3.05, 3.63) is 35.4 Å². The van der Waals surface area contributed by atoms with E-state index in [1.807, 2.05) is 12.1 Å². The van der Waals surface area contributed by atoms with Gasteiger partial charge in [-0.05, 0) is 24.0 Å². The van der Waals surface area contributed by atoms with Gasteiger partial charge in [0.1, 0.15) is 4.83 Å². The highest BCUT2D eigenvalue weighted by Gasteiger charge is 2.32. The smallest absolute Gasteiger partial charge is 0.320 e. The fourth-order valence-corrected chi connectivity index (χ4v) is 2.91. The van der Waals surface area contributed by atoms with E-state index in [1.54, 1.807) is 0 Å². The summed E-state index contributed by atoms with van der Waals surface area (Å²) in [6.07, 6.45) is 2.07. The van der Waals surface area contributed by atoms with Gasteiger partial charge < -0.3 is 4.74 Å². The number of carbonyl (C=O) groups excluding carboxylic acids is 1. The second kappa shape index (κ2) is 4.35. The van der Waals surface area contributed by atoms with Gasteiger partial charge in [0.15, 0.2) is 0 Å². The van der Waals surface area contributed by atoms with Crippen LogP contribution >= 0.6 is 15.9 Å². The molecule has 1 aromatic carbocycles. The summed E-state index contributed by atoms with van der Waals surface area (Å²) in [7, 11) is 1.43. The van der Waals surface area contributed by atoms with Crippen molar-refractivity contribution in [2.24, 2.45) is 0 Å². The van der Waals surface area contributed by atoms with Gasteiger partial charge in [-0.25, -0.2) is 0 Å². The number of ether oxygens (including phenoxy) is 1. The summed E-state index contributed by atoms with van der Waals surface area (Å²) in [6, 6.07) is 8.30. The average molecular weight is 269 g/mol. The lowest BCUT2D eigenvalue weighted by molar-refractivity contribution is -0.140. The van der Waals surface area contributed by atoms with Crippen molar-refractivity contribution in [1.82, 2.24) is 0 Å². The molecule has 0 heterocycles. The molecule has 0 amide bonds. The minimum absolute atomic E-state index is 0.184. The van der Waals surface area contributed by atoms with Gasteiger partial charge in [0.05, 0.1) is 7.11 Å². The van der Waals surface area contributed by atoms with Crippen LogP contribution in [0.2, 0.25) is 0 Å². The first-order valence-corrected chi connectivity index (χ1v) is 5.95. The Labute approximate surface area is 97.8 Å². The number of aryl methyl sites for hydroxylation is 1. The number of benzene rings is 1. The number of halogens is 1. The Morgan fingerprint density at radius 2 is 2.27 bits per heavy atom. The molecule has 1 aliphatic rings. The maximum absolute atomic E-state index is 11.4. The topological polar surface area (TPSA) is 26.3 Å². The Hall–Kier alpha value is -0.830. The zero-order valence-corrected chi connectivity index (χ0v) is 10.2. The molecular formula is C12H13BrO2. The van der Waals surface area contributed by atoms with Crippen LogP contribution in [-0.4, -0.2) is 17.9 Å². The summed E-state index contributed by atoms with van der Waals surface area (Å²) in [5.74, 6) is 0.0744. The van der Waals surface area contributed by atoms with Crippen LogP contribution in [0.4, 0.5) is 0 Å². The van der Waals surface area contributed by atoms with Gasteiger partial charge in [-0.15, -0.1) is 0 Å². The third kappa shape index (κ3) is 1.93. The third-order valence-electron chi connectivity index (χ3n) is 2.96. The van der Waals surface area contributed by atoms with Crippen molar-refractivity contribution in [3.8, 4) is 0 Å². The Kier molecular flexibility index (Phi) is 3.10. The fraction of sp³-hybridized carbons (Fsp3) is 0.417. The molecule has 0 aliphatic heterocycles. The maximum atomic E-state index is 11.4. The number of fused-ring (bicyclic) bond motifs is 1. The maximum Gasteiger partial charge on any atom is 0.320 e. The van der Waals surface area contributed by atoms with E-state index in [-0.39, 0.29) is 16.7 Å². The predicted octanol–water partition coefficient (Wildman–Crippen LogP) is 2.65. The van der Waals surface area contributed by atoms with E-state index in [2.05, 4.69) is 28.1 Å². The quantitative estimate of drug-likeness (QED) is 0.609. The summed E-state index contributed by atoms with van der Waals surface area (Å²) in [5.41, 5.74) is 2.64. The number of alkyl halides is 1. The highest BCUT2D eigenvalue weighted by atomic mass is 79.9. The molecule has 2 atom stereocenters. The average Bonchev–Trinajstić information content (AvgIpc) is 2.70. The summed E-state index contributed by atoms with van der Waals surface area (Å²) in [6.45, 7) is 0. The standard InChI is InChI=1S/C12H13BrO2/c1-15-12(14)11(13)10-7-6-8-4-2-3-5-9(8)10/h2-5,10-11H,6-7H2,1H3. The lowest BCUT2D eigenvalue weighted by Crippen LogP contribution is -2.22. The number of esters is 1. The van der Waals surface area contributed by atoms with Crippen molar-refractivity contribution >= 4 is 21.9 Å². The van der Waals surface area contributed by atoms with Gasteiger partial charge in [-0.1, -0.05) is 40.2 Å². The SMILES string of the molecule is COC(=O)C(Br)C1CCc2ccccc21. The van der Waals surface area contributed by atoms with E-state index < -0.39 is 0 Å². The van der Waals surface area contributed by atoms with E-state index in [1.165, 1.54) is 18.2 Å². The second-order valence-corrected chi connectivity index (χ2v) is 4.76. The highest BCUT2D eigenvalue weighted by molar-refractivity contribution is 9.10. The minimum atomic E-state index is -0.217. The van der Waals surface area contributed by atoms with E-state index in [0.717, 1.165) is 12.8 Å². The Morgan fingerprint density at radius 1 is 1.53 bits per heavy atom. The van der Waals surface area contributed by atoms with Crippen molar-refractivity contribution in [3.63, 3.8) is 0 Å². The molecule has 0 spiro atoms. The Balaban J connectivity index is 2.24. The lowest BCUT2D eigenvalue weighted by atomic mass is 9.98. The Morgan fingerprint density at radius 3 is 3.00 bits per heavy atom. The number of hydrogen-bond donors (Lipinski definition) is 0. The van der Waals surface area contributed by atoms with Crippen molar-refractivity contribution < 1.29 is 9.53 Å². The molecule has 2 rings (SSSR count). The molecule has 0 aromatic heterocycles. The molecule has 0 fully saturated rings. The van der Waals surface area contributed by atoms with Crippen LogP contribution in [0, 0.1) is 0 Å². The van der Waals surface area contributed by atoms with Gasteiger partial charge in [0, 0.05) is 5.92 Å². The first-order valence-electron chi connectivity index (χ1n) is 5.03. The van der Waals surface area contributed by atoms with E-state index in [0.29, 0.717) is 0 Å². The zero-order chi connectivity index (χ0) is 10.8. The number of rotatable bonds is 2.